The molecule has 2 aromatic carbocycles. The number of benzene rings is 2. The van der Waals surface area contributed by atoms with E-state index in [9.17, 15) is 13.2 Å². The maximum absolute atomic E-state index is 12.9. The summed E-state index contributed by atoms with van der Waals surface area (Å²) in [5.74, 6) is -0.177. The van der Waals surface area contributed by atoms with Crippen LogP contribution in [0.5, 0.6) is 0 Å². The first-order valence-corrected chi connectivity index (χ1v) is 10.3. The monoisotopic (exact) mass is 442 g/mol. The van der Waals surface area contributed by atoms with Crippen molar-refractivity contribution in [2.24, 2.45) is 0 Å². The van der Waals surface area contributed by atoms with Crippen LogP contribution >= 0.6 is 27.5 Å². The maximum Gasteiger partial charge on any atom is 0.242 e. The van der Waals surface area contributed by atoms with Gasteiger partial charge in [0.15, 0.2) is 0 Å². The lowest BCUT2D eigenvalue weighted by Crippen LogP contribution is -2.30. The van der Waals surface area contributed by atoms with Crippen molar-refractivity contribution in [1.82, 2.24) is 4.72 Å². The Labute approximate surface area is 160 Å². The summed E-state index contributed by atoms with van der Waals surface area (Å²) in [6.07, 6.45) is 0.626. The van der Waals surface area contributed by atoms with Gasteiger partial charge in [0.1, 0.15) is 4.90 Å². The fourth-order valence-electron chi connectivity index (χ4n) is 2.88. The summed E-state index contributed by atoms with van der Waals surface area (Å²) in [5.41, 5.74) is 1.98. The fourth-order valence-corrected chi connectivity index (χ4v) is 5.02. The Morgan fingerprint density at radius 2 is 2.04 bits per heavy atom. The van der Waals surface area contributed by atoms with E-state index < -0.39 is 10.0 Å². The standard InChI is InChI=1S/C17H16BrClN2O3S/c1-11(22)21-7-6-12-8-14(18)9-16(17(12)21)25(23,24)20-10-13-4-2-3-5-15(13)19/h2-5,8-9,20H,6-7,10H2,1H3. The Hall–Kier alpha value is -1.41. The zero-order valence-corrected chi connectivity index (χ0v) is 16.6. The van der Waals surface area contributed by atoms with E-state index >= 15 is 0 Å². The van der Waals surface area contributed by atoms with E-state index in [1.165, 1.54) is 17.9 Å². The zero-order chi connectivity index (χ0) is 18.2. The largest absolute Gasteiger partial charge is 0.311 e. The van der Waals surface area contributed by atoms with Crippen LogP contribution in [-0.4, -0.2) is 20.9 Å². The van der Waals surface area contributed by atoms with Crippen LogP contribution in [0, 0.1) is 0 Å². The molecule has 0 saturated heterocycles. The third kappa shape index (κ3) is 3.74. The van der Waals surface area contributed by atoms with E-state index in [2.05, 4.69) is 20.7 Å². The molecule has 2 aromatic rings. The molecule has 0 spiro atoms. The van der Waals surface area contributed by atoms with E-state index in [1.54, 1.807) is 24.3 Å². The van der Waals surface area contributed by atoms with E-state index in [0.717, 1.165) is 5.56 Å². The molecule has 132 valence electrons. The molecule has 0 atom stereocenters. The van der Waals surface area contributed by atoms with Crippen molar-refractivity contribution >= 4 is 49.1 Å². The lowest BCUT2D eigenvalue weighted by molar-refractivity contribution is -0.116. The van der Waals surface area contributed by atoms with Gasteiger partial charge in [-0.3, -0.25) is 4.79 Å². The van der Waals surface area contributed by atoms with Crippen molar-refractivity contribution in [3.05, 3.63) is 57.0 Å². The zero-order valence-electron chi connectivity index (χ0n) is 13.4. The number of hydrogen-bond donors (Lipinski definition) is 1. The highest BCUT2D eigenvalue weighted by Crippen LogP contribution is 2.37. The van der Waals surface area contributed by atoms with Crippen molar-refractivity contribution in [2.75, 3.05) is 11.4 Å². The van der Waals surface area contributed by atoms with Crippen LogP contribution in [0.1, 0.15) is 18.1 Å². The molecule has 25 heavy (non-hydrogen) atoms. The summed E-state index contributed by atoms with van der Waals surface area (Å²) in [7, 11) is -3.82. The molecule has 0 aromatic heterocycles. The summed E-state index contributed by atoms with van der Waals surface area (Å²) >= 11 is 9.44. The number of halogens is 2. The second-order valence-corrected chi connectivity index (χ2v) is 8.81. The summed E-state index contributed by atoms with van der Waals surface area (Å²) in [5, 5.41) is 0.495. The Morgan fingerprint density at radius 1 is 1.32 bits per heavy atom. The number of carbonyl (C=O) groups excluding carboxylic acids is 1. The van der Waals surface area contributed by atoms with E-state index in [0.29, 0.717) is 33.7 Å². The summed E-state index contributed by atoms with van der Waals surface area (Å²) in [6, 6.07) is 10.4. The van der Waals surface area contributed by atoms with E-state index in [1.807, 2.05) is 6.07 Å². The van der Waals surface area contributed by atoms with Gasteiger partial charge in [-0.2, -0.15) is 0 Å². The minimum absolute atomic E-state index is 0.0728. The highest BCUT2D eigenvalue weighted by molar-refractivity contribution is 9.10. The molecule has 0 radical (unpaired) electrons. The van der Waals surface area contributed by atoms with Gasteiger partial charge in [0, 0.05) is 29.5 Å². The molecule has 3 rings (SSSR count). The van der Waals surface area contributed by atoms with E-state index in [4.69, 9.17) is 11.6 Å². The van der Waals surface area contributed by atoms with Crippen LogP contribution in [-0.2, 0) is 27.8 Å². The molecule has 1 aliphatic heterocycles. The number of nitrogens with zero attached hydrogens (tertiary/aromatic N) is 1. The number of hydrogen-bond acceptors (Lipinski definition) is 3. The number of anilines is 1. The van der Waals surface area contributed by atoms with Crippen LogP contribution in [0.15, 0.2) is 45.8 Å². The predicted octanol–water partition coefficient (Wildman–Crippen LogP) is 3.49. The number of amides is 1. The van der Waals surface area contributed by atoms with Crippen LogP contribution in [0.4, 0.5) is 5.69 Å². The first-order chi connectivity index (χ1) is 11.8. The predicted molar refractivity (Wildman–Crippen MR) is 101 cm³/mol. The molecule has 0 fully saturated rings. The third-order valence-corrected chi connectivity index (χ3v) is 6.31. The summed E-state index contributed by atoms with van der Waals surface area (Å²) in [4.78, 5) is 13.5. The first-order valence-electron chi connectivity index (χ1n) is 7.63. The van der Waals surface area contributed by atoms with Crippen LogP contribution in [0.25, 0.3) is 0 Å². The second-order valence-electron chi connectivity index (χ2n) is 5.75. The Morgan fingerprint density at radius 3 is 2.72 bits per heavy atom. The van der Waals surface area contributed by atoms with Gasteiger partial charge in [0.05, 0.1) is 5.69 Å². The SMILES string of the molecule is CC(=O)N1CCc2cc(Br)cc(S(=O)(=O)NCc3ccccc3Cl)c21. The number of nitrogens with one attached hydrogen (secondary N) is 1. The van der Waals surface area contributed by atoms with Gasteiger partial charge in [0.25, 0.3) is 0 Å². The molecule has 0 bridgehead atoms. The highest BCUT2D eigenvalue weighted by Gasteiger charge is 2.31. The molecular weight excluding hydrogens is 428 g/mol. The van der Waals surface area contributed by atoms with E-state index in [-0.39, 0.29) is 17.3 Å². The lowest BCUT2D eigenvalue weighted by Gasteiger charge is -2.19. The van der Waals surface area contributed by atoms with Gasteiger partial charge in [0.2, 0.25) is 15.9 Å². The van der Waals surface area contributed by atoms with Crippen LogP contribution in [0.2, 0.25) is 5.02 Å². The molecule has 1 aliphatic rings. The van der Waals surface area contributed by atoms with Crippen molar-refractivity contribution in [3.8, 4) is 0 Å². The topological polar surface area (TPSA) is 66.5 Å². The lowest BCUT2D eigenvalue weighted by atomic mass is 10.2. The Bertz CT molecular complexity index is 947. The molecular formula is C17H16BrClN2O3S. The molecule has 8 heteroatoms. The minimum Gasteiger partial charge on any atom is -0.311 e. The molecule has 0 saturated carbocycles. The van der Waals surface area contributed by atoms with Crippen LogP contribution in [0.3, 0.4) is 0 Å². The van der Waals surface area contributed by atoms with Crippen molar-refractivity contribution < 1.29 is 13.2 Å². The summed E-state index contributed by atoms with van der Waals surface area (Å²) < 4.78 is 29.0. The van der Waals surface area contributed by atoms with Gasteiger partial charge in [-0.05, 0) is 35.7 Å². The molecule has 1 N–H and O–H groups in total. The van der Waals surface area contributed by atoms with Gasteiger partial charge in [-0.25, -0.2) is 13.1 Å². The fraction of sp³-hybridized carbons (Fsp3) is 0.235. The van der Waals surface area contributed by atoms with Crippen LogP contribution < -0.4 is 9.62 Å². The highest BCUT2D eigenvalue weighted by atomic mass is 79.9. The molecule has 0 unspecified atom stereocenters. The number of fused-ring (bicyclic) bond motifs is 1. The first kappa shape index (κ1) is 18.4. The third-order valence-electron chi connectivity index (χ3n) is 4.07. The number of rotatable bonds is 4. The van der Waals surface area contributed by atoms with Crippen molar-refractivity contribution in [3.63, 3.8) is 0 Å². The number of carbonyl (C=O) groups is 1. The van der Waals surface area contributed by atoms with Gasteiger partial charge >= 0.3 is 0 Å². The quantitative estimate of drug-likeness (QED) is 0.786. The molecule has 0 aliphatic carbocycles. The van der Waals surface area contributed by atoms with Gasteiger partial charge < -0.3 is 4.90 Å². The van der Waals surface area contributed by atoms with Crippen molar-refractivity contribution in [1.29, 1.82) is 0 Å². The summed E-state index contributed by atoms with van der Waals surface area (Å²) in [6.45, 7) is 1.99. The molecule has 1 heterocycles. The maximum atomic E-state index is 12.9. The smallest absolute Gasteiger partial charge is 0.242 e. The minimum atomic E-state index is -3.82. The average Bonchev–Trinajstić information content (AvgIpc) is 2.97. The molecule has 5 nitrogen and oxygen atoms in total. The van der Waals surface area contributed by atoms with Gasteiger partial charge in [-0.1, -0.05) is 45.7 Å². The number of sulfonamides is 1. The second kappa shape index (κ2) is 7.07. The van der Waals surface area contributed by atoms with Crippen molar-refractivity contribution in [2.45, 2.75) is 24.8 Å². The average molecular weight is 444 g/mol. The molecule has 1 amide bonds. The normalized spacial score (nSPS) is 13.8. The van der Waals surface area contributed by atoms with Gasteiger partial charge in [-0.15, -0.1) is 0 Å². The Kier molecular flexibility index (Phi) is 5.20. The Balaban J connectivity index is 1.98.